The van der Waals surface area contributed by atoms with Gasteiger partial charge in [-0.2, -0.15) is 0 Å². The van der Waals surface area contributed by atoms with E-state index in [0.29, 0.717) is 0 Å². The lowest BCUT2D eigenvalue weighted by Crippen LogP contribution is -2.55. The third kappa shape index (κ3) is 4.52. The van der Waals surface area contributed by atoms with E-state index in [1.54, 1.807) is 11.1 Å². The lowest BCUT2D eigenvalue weighted by molar-refractivity contribution is -0.140. The molecule has 0 spiro atoms. The largest absolute Gasteiger partial charge is 0.386 e. The second-order valence-corrected chi connectivity index (χ2v) is 10.4. The molecule has 0 aromatic heterocycles. The number of carbonyl (C=O) groups excluding carboxylic acids is 2. The summed E-state index contributed by atoms with van der Waals surface area (Å²) < 4.78 is 0. The zero-order chi connectivity index (χ0) is 27.1. The fraction of sp³-hybridized carbons (Fsp3) is 0.212. The van der Waals surface area contributed by atoms with E-state index in [1.807, 2.05) is 111 Å². The first-order valence-corrected chi connectivity index (χ1v) is 13.3. The van der Waals surface area contributed by atoms with Crippen LogP contribution in [0.15, 0.2) is 103 Å². The minimum atomic E-state index is -0.906. The van der Waals surface area contributed by atoms with E-state index in [4.69, 9.17) is 0 Å². The summed E-state index contributed by atoms with van der Waals surface area (Å²) in [5, 5.41) is 15.4. The molecule has 6 heteroatoms. The molecule has 2 heterocycles. The van der Waals surface area contributed by atoms with Gasteiger partial charge in [-0.1, -0.05) is 96.6 Å². The number of benzene rings is 4. The Balaban J connectivity index is 1.37. The molecule has 2 N–H and O–H groups in total. The van der Waals surface area contributed by atoms with Crippen molar-refractivity contribution in [2.45, 2.75) is 38.6 Å². The van der Waals surface area contributed by atoms with Gasteiger partial charge in [0.2, 0.25) is 11.8 Å². The molecule has 1 unspecified atom stereocenters. The first-order valence-electron chi connectivity index (χ1n) is 13.3. The molecule has 2 aliphatic rings. The van der Waals surface area contributed by atoms with Gasteiger partial charge in [-0.15, -0.1) is 0 Å². The summed E-state index contributed by atoms with van der Waals surface area (Å²) in [5.41, 5.74) is 7.95. The monoisotopic (exact) mass is 517 g/mol. The van der Waals surface area contributed by atoms with Gasteiger partial charge in [0.25, 0.3) is 0 Å². The van der Waals surface area contributed by atoms with E-state index in [0.717, 1.165) is 38.7 Å². The number of carbonyl (C=O) groups is 2. The molecule has 0 radical (unpaired) electrons. The summed E-state index contributed by atoms with van der Waals surface area (Å²) >= 11 is 0. The van der Waals surface area contributed by atoms with Crippen molar-refractivity contribution < 1.29 is 14.7 Å². The molecule has 2 aliphatic heterocycles. The number of aryl methyl sites for hydroxylation is 2. The van der Waals surface area contributed by atoms with Gasteiger partial charge < -0.3 is 10.5 Å². The van der Waals surface area contributed by atoms with Crippen LogP contribution in [0.2, 0.25) is 0 Å². The number of nitrogens with one attached hydrogen (secondary N) is 1. The summed E-state index contributed by atoms with van der Waals surface area (Å²) in [6.07, 6.45) is 2.75. The van der Waals surface area contributed by atoms with Crippen LogP contribution in [0.4, 0.5) is 5.69 Å². The van der Waals surface area contributed by atoms with Crippen LogP contribution < -0.4 is 5.43 Å². The Labute approximate surface area is 228 Å². The smallest absolute Gasteiger partial charge is 0.249 e. The molecule has 6 rings (SSSR count). The molecular weight excluding hydrogens is 486 g/mol. The number of hydrazine groups is 1. The lowest BCUT2D eigenvalue weighted by Gasteiger charge is -2.41. The fourth-order valence-electron chi connectivity index (χ4n) is 5.77. The topological polar surface area (TPSA) is 72.9 Å². The molecule has 0 saturated carbocycles. The van der Waals surface area contributed by atoms with Crippen LogP contribution in [0.3, 0.4) is 0 Å². The molecule has 4 atom stereocenters. The van der Waals surface area contributed by atoms with Crippen LogP contribution in [-0.4, -0.2) is 38.9 Å². The van der Waals surface area contributed by atoms with E-state index in [9.17, 15) is 14.7 Å². The van der Waals surface area contributed by atoms with E-state index >= 15 is 0 Å². The van der Waals surface area contributed by atoms with Gasteiger partial charge in [0, 0.05) is 5.69 Å². The number of amides is 2. The van der Waals surface area contributed by atoms with Crippen LogP contribution in [-0.2, 0) is 16.1 Å². The molecule has 2 amide bonds. The van der Waals surface area contributed by atoms with Gasteiger partial charge in [0.05, 0.1) is 18.5 Å². The zero-order valence-corrected chi connectivity index (χ0v) is 22.0. The summed E-state index contributed by atoms with van der Waals surface area (Å²) in [5.74, 6) is -1.15. The summed E-state index contributed by atoms with van der Waals surface area (Å²) in [6.45, 7) is 4.17. The second kappa shape index (κ2) is 10.1. The average molecular weight is 518 g/mol. The Kier molecular flexibility index (Phi) is 6.51. The number of hydrogen-bond donors (Lipinski definition) is 2. The molecule has 1 saturated heterocycles. The van der Waals surface area contributed by atoms with Crippen molar-refractivity contribution in [2.24, 2.45) is 5.92 Å². The number of rotatable bonds is 6. The molecule has 1 fully saturated rings. The molecule has 0 bridgehead atoms. The quantitative estimate of drug-likeness (QED) is 0.268. The van der Waals surface area contributed by atoms with E-state index in [2.05, 4.69) is 5.43 Å². The standard InChI is InChI=1S/C33H31N3O3/c1-21-14-16-25(17-15-21)34-36-29(31(37)26-12-5-3-8-22(26)2)19-18-28-30(36)33(39)35(32(28)38)20-24-11-7-10-23-9-4-6-13-27(23)24/h3-19,28-31,34,37H,20H2,1-2H3/t28?,29-,30+,31-/m1/s1. The third-order valence-electron chi connectivity index (χ3n) is 7.90. The maximum absolute atomic E-state index is 14.0. The Bertz CT molecular complexity index is 1570. The highest BCUT2D eigenvalue weighted by molar-refractivity contribution is 6.08. The maximum Gasteiger partial charge on any atom is 0.249 e. The average Bonchev–Trinajstić information content (AvgIpc) is 3.19. The fourth-order valence-corrected chi connectivity index (χ4v) is 5.77. The molecule has 196 valence electrons. The van der Waals surface area contributed by atoms with Crippen molar-refractivity contribution >= 4 is 28.3 Å². The second-order valence-electron chi connectivity index (χ2n) is 10.4. The van der Waals surface area contributed by atoms with Crippen LogP contribution >= 0.6 is 0 Å². The zero-order valence-electron chi connectivity index (χ0n) is 22.0. The number of hydrogen-bond acceptors (Lipinski definition) is 5. The number of likely N-dealkylation sites (tertiary alicyclic amines) is 1. The first kappa shape index (κ1) is 25.0. The third-order valence-corrected chi connectivity index (χ3v) is 7.90. The molecule has 4 aromatic carbocycles. The molecule has 6 nitrogen and oxygen atoms in total. The van der Waals surface area contributed by atoms with Gasteiger partial charge in [-0.25, -0.2) is 5.01 Å². The highest BCUT2D eigenvalue weighted by Crippen LogP contribution is 2.37. The van der Waals surface area contributed by atoms with Crippen LogP contribution in [0.1, 0.15) is 28.4 Å². The number of aliphatic hydroxyl groups is 1. The first-order chi connectivity index (χ1) is 18.9. The molecule has 4 aromatic rings. The Hall–Kier alpha value is -4.26. The molecular formula is C33H31N3O3. The minimum Gasteiger partial charge on any atom is -0.386 e. The molecule has 39 heavy (non-hydrogen) atoms. The van der Waals surface area contributed by atoms with Crippen LogP contribution in [0.25, 0.3) is 10.8 Å². The van der Waals surface area contributed by atoms with Crippen molar-refractivity contribution in [2.75, 3.05) is 5.43 Å². The minimum absolute atomic E-state index is 0.198. The number of aliphatic hydroxyl groups excluding tert-OH is 1. The van der Waals surface area contributed by atoms with Crippen molar-refractivity contribution in [1.29, 1.82) is 0 Å². The highest BCUT2D eigenvalue weighted by atomic mass is 16.3. The normalized spacial score (nSPS) is 21.8. The number of anilines is 1. The predicted molar refractivity (Wildman–Crippen MR) is 152 cm³/mol. The van der Waals surface area contributed by atoms with Crippen molar-refractivity contribution in [3.05, 3.63) is 125 Å². The number of nitrogens with zero attached hydrogens (tertiary/aromatic N) is 2. The van der Waals surface area contributed by atoms with Gasteiger partial charge >= 0.3 is 0 Å². The van der Waals surface area contributed by atoms with E-state index in [-0.39, 0.29) is 18.4 Å². The van der Waals surface area contributed by atoms with Crippen LogP contribution in [0.5, 0.6) is 0 Å². The summed E-state index contributed by atoms with van der Waals surface area (Å²) in [6, 6.07) is 28.1. The van der Waals surface area contributed by atoms with E-state index < -0.39 is 24.1 Å². The Morgan fingerprint density at radius 2 is 1.54 bits per heavy atom. The van der Waals surface area contributed by atoms with E-state index in [1.165, 1.54) is 4.90 Å². The Morgan fingerprint density at radius 1 is 0.821 bits per heavy atom. The number of imide groups is 1. The highest BCUT2D eigenvalue weighted by Gasteiger charge is 2.53. The van der Waals surface area contributed by atoms with Gasteiger partial charge in [0.15, 0.2) is 0 Å². The van der Waals surface area contributed by atoms with Crippen molar-refractivity contribution in [3.63, 3.8) is 0 Å². The number of fused-ring (bicyclic) bond motifs is 2. The summed E-state index contributed by atoms with van der Waals surface area (Å²) in [4.78, 5) is 29.1. The maximum atomic E-state index is 14.0. The van der Waals surface area contributed by atoms with Crippen molar-refractivity contribution in [3.8, 4) is 0 Å². The van der Waals surface area contributed by atoms with Crippen LogP contribution in [0, 0.1) is 19.8 Å². The SMILES string of the molecule is Cc1ccc(NN2[C@@H]3C(=O)N(Cc4cccc5ccccc45)C(=O)C3C=C[C@@H]2[C@H](O)c2ccccc2C)cc1. The van der Waals surface area contributed by atoms with Crippen molar-refractivity contribution in [1.82, 2.24) is 9.91 Å². The van der Waals surface area contributed by atoms with Gasteiger partial charge in [-0.3, -0.25) is 14.5 Å². The Morgan fingerprint density at radius 3 is 2.33 bits per heavy atom. The van der Waals surface area contributed by atoms with Gasteiger partial charge in [0.1, 0.15) is 12.1 Å². The summed E-state index contributed by atoms with van der Waals surface area (Å²) in [7, 11) is 0. The molecule has 0 aliphatic carbocycles. The van der Waals surface area contributed by atoms with Gasteiger partial charge in [-0.05, 0) is 53.4 Å². The predicted octanol–water partition coefficient (Wildman–Crippen LogP) is 5.31. The lowest BCUT2D eigenvalue weighted by atomic mass is 9.89.